The molecule has 0 amide bonds. The number of aryl methyl sites for hydroxylation is 1. The van der Waals surface area contributed by atoms with Crippen LogP contribution in [0.15, 0.2) is 30.6 Å². The molecule has 9 nitrogen and oxygen atoms in total. The first-order chi connectivity index (χ1) is 16.0. The zero-order valence-electron chi connectivity index (χ0n) is 18.0. The lowest BCUT2D eigenvalue weighted by Gasteiger charge is -2.36. The van der Waals surface area contributed by atoms with E-state index in [4.69, 9.17) is 16.3 Å². The van der Waals surface area contributed by atoms with Gasteiger partial charge in [0.15, 0.2) is 23.2 Å². The minimum absolute atomic E-state index is 0.0796. The second-order valence-corrected chi connectivity index (χ2v) is 9.67. The standard InChI is InChI=1S/C23H26ClN5O4/c24-22-26-19(28-9-8-23(11-28)7-3-5-13-4-1-2-6-14(13)23)16-20(27-22)29(12-25-16)21-18(32)17(31)15(10-30)33-21/h1-2,4,6,12,15,17-18,21,30-32H,3,5,7-11H2/t15-,17?,18+,21-,23?/m1/s1. The summed E-state index contributed by atoms with van der Waals surface area (Å²) in [6.45, 7) is 1.25. The minimum Gasteiger partial charge on any atom is -0.394 e. The van der Waals surface area contributed by atoms with Crippen LogP contribution in [-0.2, 0) is 16.6 Å². The lowest BCUT2D eigenvalue weighted by molar-refractivity contribution is -0.0511. The van der Waals surface area contributed by atoms with Crippen molar-refractivity contribution in [2.45, 2.75) is 55.6 Å². The fourth-order valence-electron chi connectivity index (χ4n) is 5.88. The van der Waals surface area contributed by atoms with Gasteiger partial charge < -0.3 is 25.0 Å². The first-order valence-corrected chi connectivity index (χ1v) is 11.7. The van der Waals surface area contributed by atoms with Gasteiger partial charge in [-0.25, -0.2) is 4.98 Å². The van der Waals surface area contributed by atoms with Crippen LogP contribution in [0.1, 0.15) is 36.6 Å². The van der Waals surface area contributed by atoms with Crippen molar-refractivity contribution >= 4 is 28.6 Å². The smallest absolute Gasteiger partial charge is 0.226 e. The van der Waals surface area contributed by atoms with Crippen molar-refractivity contribution in [3.8, 4) is 0 Å². The lowest BCUT2D eigenvalue weighted by Crippen LogP contribution is -2.35. The molecule has 2 fully saturated rings. The molecular formula is C23H26ClN5O4. The van der Waals surface area contributed by atoms with E-state index in [1.807, 2.05) is 0 Å². The van der Waals surface area contributed by atoms with Crippen molar-refractivity contribution in [1.82, 2.24) is 19.5 Å². The quantitative estimate of drug-likeness (QED) is 0.493. The Bertz CT molecular complexity index is 1200. The number of nitrogens with zero attached hydrogens (tertiary/aromatic N) is 5. The van der Waals surface area contributed by atoms with Gasteiger partial charge >= 0.3 is 0 Å². The van der Waals surface area contributed by atoms with Gasteiger partial charge in [-0.1, -0.05) is 24.3 Å². The highest BCUT2D eigenvalue weighted by atomic mass is 35.5. The number of aliphatic hydroxyl groups excluding tert-OH is 3. The Morgan fingerprint density at radius 1 is 1.15 bits per heavy atom. The third kappa shape index (κ3) is 3.25. The van der Waals surface area contributed by atoms with Crippen LogP contribution in [0.3, 0.4) is 0 Å². The number of aromatic nitrogens is 4. The second kappa shape index (κ2) is 7.89. The molecule has 4 heterocycles. The molecule has 2 aliphatic heterocycles. The predicted molar refractivity (Wildman–Crippen MR) is 121 cm³/mol. The number of anilines is 1. The van der Waals surface area contributed by atoms with Gasteiger partial charge in [-0.2, -0.15) is 9.97 Å². The zero-order valence-corrected chi connectivity index (χ0v) is 18.8. The number of aliphatic hydroxyl groups is 3. The Kier molecular flexibility index (Phi) is 5.08. The van der Waals surface area contributed by atoms with Crippen LogP contribution in [0.4, 0.5) is 5.82 Å². The summed E-state index contributed by atoms with van der Waals surface area (Å²) in [6.07, 6.45) is 1.72. The molecule has 1 aliphatic carbocycles. The molecule has 2 saturated heterocycles. The summed E-state index contributed by atoms with van der Waals surface area (Å²) in [5.41, 5.74) is 3.95. The van der Waals surface area contributed by atoms with Crippen LogP contribution >= 0.6 is 11.6 Å². The molecule has 3 aromatic rings. The van der Waals surface area contributed by atoms with Crippen molar-refractivity contribution in [3.05, 3.63) is 47.0 Å². The van der Waals surface area contributed by atoms with E-state index in [-0.39, 0.29) is 10.7 Å². The normalized spacial score (nSPS) is 31.6. The number of halogens is 1. The number of rotatable bonds is 3. The van der Waals surface area contributed by atoms with E-state index in [0.29, 0.717) is 17.0 Å². The number of ether oxygens (including phenoxy) is 1. The second-order valence-electron chi connectivity index (χ2n) is 9.33. The van der Waals surface area contributed by atoms with Gasteiger partial charge in [0.25, 0.3) is 0 Å². The van der Waals surface area contributed by atoms with Crippen LogP contribution in [0.2, 0.25) is 5.28 Å². The summed E-state index contributed by atoms with van der Waals surface area (Å²) in [6, 6.07) is 8.73. The van der Waals surface area contributed by atoms with Crippen LogP contribution in [0, 0.1) is 0 Å². The maximum Gasteiger partial charge on any atom is 0.226 e. The van der Waals surface area contributed by atoms with Crippen molar-refractivity contribution in [3.63, 3.8) is 0 Å². The molecule has 2 aromatic heterocycles. The van der Waals surface area contributed by atoms with Gasteiger partial charge in [-0.3, -0.25) is 4.57 Å². The van der Waals surface area contributed by atoms with E-state index in [9.17, 15) is 15.3 Å². The summed E-state index contributed by atoms with van der Waals surface area (Å²) in [5, 5.41) is 30.2. The van der Waals surface area contributed by atoms with Gasteiger partial charge in [-0.15, -0.1) is 0 Å². The number of hydrogen-bond acceptors (Lipinski definition) is 8. The maximum absolute atomic E-state index is 10.5. The van der Waals surface area contributed by atoms with E-state index in [0.717, 1.165) is 32.4 Å². The number of hydrogen-bond donors (Lipinski definition) is 3. The highest BCUT2D eigenvalue weighted by Gasteiger charge is 2.45. The topological polar surface area (TPSA) is 117 Å². The third-order valence-electron chi connectivity index (χ3n) is 7.51. The molecule has 0 bridgehead atoms. The van der Waals surface area contributed by atoms with E-state index in [1.54, 1.807) is 4.57 Å². The molecule has 33 heavy (non-hydrogen) atoms. The average molecular weight is 472 g/mol. The van der Waals surface area contributed by atoms with Gasteiger partial charge in [0.05, 0.1) is 12.9 Å². The first kappa shape index (κ1) is 21.2. The molecule has 6 rings (SSSR count). The number of imidazole rings is 1. The van der Waals surface area contributed by atoms with Crippen LogP contribution in [-0.4, -0.2) is 72.8 Å². The molecule has 10 heteroatoms. The molecule has 1 spiro atoms. The maximum atomic E-state index is 10.5. The lowest BCUT2D eigenvalue weighted by atomic mass is 9.69. The Balaban J connectivity index is 1.37. The largest absolute Gasteiger partial charge is 0.394 e. The Labute approximate surface area is 195 Å². The summed E-state index contributed by atoms with van der Waals surface area (Å²) in [5.74, 6) is 0.662. The molecule has 174 valence electrons. The predicted octanol–water partition coefficient (Wildman–Crippen LogP) is 1.58. The molecule has 3 N–H and O–H groups in total. The fourth-order valence-corrected chi connectivity index (χ4v) is 6.04. The van der Waals surface area contributed by atoms with Crippen LogP contribution in [0.25, 0.3) is 11.2 Å². The van der Waals surface area contributed by atoms with E-state index in [1.165, 1.54) is 23.9 Å². The van der Waals surface area contributed by atoms with Crippen molar-refractivity contribution < 1.29 is 20.1 Å². The Morgan fingerprint density at radius 2 is 2.00 bits per heavy atom. The van der Waals surface area contributed by atoms with Gasteiger partial charge in [-0.05, 0) is 48.4 Å². The Morgan fingerprint density at radius 3 is 2.82 bits per heavy atom. The molecule has 5 atom stereocenters. The summed E-state index contributed by atoms with van der Waals surface area (Å²) in [7, 11) is 0. The minimum atomic E-state index is -1.23. The van der Waals surface area contributed by atoms with Gasteiger partial charge in [0.2, 0.25) is 5.28 Å². The SMILES string of the molecule is OC[C@H]1O[C@@H](n2cnc3c(N4CCC5(CCCc6ccccc65)C4)nc(Cl)nc32)[C@@H](O)C1O. The van der Waals surface area contributed by atoms with Crippen molar-refractivity contribution in [2.75, 3.05) is 24.6 Å². The number of fused-ring (bicyclic) bond motifs is 3. The monoisotopic (exact) mass is 471 g/mol. The fraction of sp³-hybridized carbons (Fsp3) is 0.522. The third-order valence-corrected chi connectivity index (χ3v) is 7.68. The summed E-state index contributed by atoms with van der Waals surface area (Å²) >= 11 is 6.33. The summed E-state index contributed by atoms with van der Waals surface area (Å²) in [4.78, 5) is 15.7. The van der Waals surface area contributed by atoms with Crippen LogP contribution < -0.4 is 4.90 Å². The molecule has 3 aliphatic rings. The molecule has 2 unspecified atom stereocenters. The molecule has 1 aromatic carbocycles. The number of benzene rings is 1. The van der Waals surface area contributed by atoms with Crippen LogP contribution in [0.5, 0.6) is 0 Å². The average Bonchev–Trinajstić information content (AvgIpc) is 3.51. The zero-order chi connectivity index (χ0) is 22.7. The van der Waals surface area contributed by atoms with E-state index < -0.39 is 31.1 Å². The molecular weight excluding hydrogens is 446 g/mol. The van der Waals surface area contributed by atoms with Crippen molar-refractivity contribution in [2.24, 2.45) is 0 Å². The Hall–Kier alpha value is -2.30. The van der Waals surface area contributed by atoms with E-state index >= 15 is 0 Å². The highest BCUT2D eigenvalue weighted by Crippen LogP contribution is 2.45. The van der Waals surface area contributed by atoms with Gasteiger partial charge in [0, 0.05) is 18.5 Å². The van der Waals surface area contributed by atoms with E-state index in [2.05, 4.69) is 44.1 Å². The van der Waals surface area contributed by atoms with Crippen molar-refractivity contribution in [1.29, 1.82) is 0 Å². The summed E-state index contributed by atoms with van der Waals surface area (Å²) < 4.78 is 7.23. The molecule has 0 radical (unpaired) electrons. The first-order valence-electron chi connectivity index (χ1n) is 11.4. The highest BCUT2D eigenvalue weighted by molar-refractivity contribution is 6.28. The molecule has 0 saturated carbocycles. The van der Waals surface area contributed by atoms with Gasteiger partial charge in [0.1, 0.15) is 18.3 Å².